The number of benzene rings is 1. The topological polar surface area (TPSA) is 75.4 Å². The summed E-state index contributed by atoms with van der Waals surface area (Å²) >= 11 is 0. The Hall–Kier alpha value is -2.02. The summed E-state index contributed by atoms with van der Waals surface area (Å²) in [6, 6.07) is 3.06. The maximum absolute atomic E-state index is 13.6. The molecule has 1 heterocycles. The van der Waals surface area contributed by atoms with Gasteiger partial charge in [0.15, 0.2) is 0 Å². The molecule has 0 radical (unpaired) electrons. The first-order valence-electron chi connectivity index (χ1n) is 7.70. The molecule has 0 bridgehead atoms. The fraction of sp³-hybridized carbons (Fsp3) is 0.500. The Morgan fingerprint density at radius 2 is 2.13 bits per heavy atom. The zero-order chi connectivity index (χ0) is 16.8. The van der Waals surface area contributed by atoms with Crippen LogP contribution in [0.2, 0.25) is 0 Å². The van der Waals surface area contributed by atoms with Crippen LogP contribution < -0.4 is 11.1 Å². The van der Waals surface area contributed by atoms with Crippen LogP contribution in [0.15, 0.2) is 18.2 Å². The van der Waals surface area contributed by atoms with Crippen molar-refractivity contribution in [1.82, 2.24) is 10.2 Å². The zero-order valence-corrected chi connectivity index (χ0v) is 12.9. The number of carbonyl (C=O) groups is 2. The van der Waals surface area contributed by atoms with Crippen molar-refractivity contribution in [2.24, 2.45) is 11.7 Å². The number of rotatable bonds is 5. The predicted octanol–water partition coefficient (Wildman–Crippen LogP) is 0.821. The molecule has 1 saturated heterocycles. The molecule has 5 nitrogen and oxygen atoms in total. The number of hydrogen-bond donors (Lipinski definition) is 2. The molecule has 1 aromatic rings. The molecule has 126 valence electrons. The van der Waals surface area contributed by atoms with E-state index in [4.69, 9.17) is 5.73 Å². The molecule has 1 fully saturated rings. The fourth-order valence-electron chi connectivity index (χ4n) is 2.71. The number of nitrogens with one attached hydrogen (secondary N) is 1. The Morgan fingerprint density at radius 3 is 2.87 bits per heavy atom. The highest BCUT2D eigenvalue weighted by Gasteiger charge is 2.28. The molecule has 0 saturated carbocycles. The van der Waals surface area contributed by atoms with Gasteiger partial charge in [-0.15, -0.1) is 0 Å². The number of halogens is 2. The first kappa shape index (κ1) is 17.3. The number of likely N-dealkylation sites (tertiary alicyclic amines) is 1. The second kappa shape index (κ2) is 8.01. The van der Waals surface area contributed by atoms with Crippen LogP contribution in [0, 0.1) is 17.6 Å². The molecule has 2 amide bonds. The lowest BCUT2D eigenvalue weighted by Gasteiger charge is -2.32. The van der Waals surface area contributed by atoms with E-state index in [0.29, 0.717) is 39.0 Å². The summed E-state index contributed by atoms with van der Waals surface area (Å²) in [5, 5.41) is 2.72. The van der Waals surface area contributed by atoms with Gasteiger partial charge in [0, 0.05) is 31.7 Å². The monoisotopic (exact) mass is 325 g/mol. The van der Waals surface area contributed by atoms with Gasteiger partial charge in [-0.3, -0.25) is 9.59 Å². The largest absolute Gasteiger partial charge is 0.355 e. The summed E-state index contributed by atoms with van der Waals surface area (Å²) in [4.78, 5) is 25.8. The second-order valence-electron chi connectivity index (χ2n) is 5.67. The van der Waals surface area contributed by atoms with Gasteiger partial charge in [-0.1, -0.05) is 0 Å². The second-order valence-corrected chi connectivity index (χ2v) is 5.67. The molecule has 2 rings (SSSR count). The van der Waals surface area contributed by atoms with E-state index in [1.54, 1.807) is 4.90 Å². The average Bonchev–Trinajstić information content (AvgIpc) is 2.56. The SMILES string of the molecule is NCCNC(=O)C1CCCN(C(=O)Cc2cc(F)ccc2F)C1. The van der Waals surface area contributed by atoms with Gasteiger partial charge < -0.3 is 16.0 Å². The van der Waals surface area contributed by atoms with Gasteiger partial charge in [0.25, 0.3) is 0 Å². The number of nitrogens with zero attached hydrogens (tertiary/aromatic N) is 1. The third-order valence-corrected chi connectivity index (χ3v) is 3.94. The lowest BCUT2D eigenvalue weighted by molar-refractivity contribution is -0.135. The molecule has 7 heteroatoms. The van der Waals surface area contributed by atoms with Crippen molar-refractivity contribution in [3.8, 4) is 0 Å². The van der Waals surface area contributed by atoms with Gasteiger partial charge in [-0.2, -0.15) is 0 Å². The summed E-state index contributed by atoms with van der Waals surface area (Å²) in [5.74, 6) is -1.88. The summed E-state index contributed by atoms with van der Waals surface area (Å²) in [6.45, 7) is 1.58. The Kier molecular flexibility index (Phi) is 6.04. The molecule has 0 spiro atoms. The van der Waals surface area contributed by atoms with E-state index >= 15 is 0 Å². The number of piperidine rings is 1. The van der Waals surface area contributed by atoms with Crippen LogP contribution in [0.5, 0.6) is 0 Å². The van der Waals surface area contributed by atoms with Crippen LogP contribution in [0.25, 0.3) is 0 Å². The van der Waals surface area contributed by atoms with E-state index in [9.17, 15) is 18.4 Å². The van der Waals surface area contributed by atoms with Crippen LogP contribution >= 0.6 is 0 Å². The first-order chi connectivity index (χ1) is 11.0. The molecule has 3 N–H and O–H groups in total. The molecule has 1 unspecified atom stereocenters. The van der Waals surface area contributed by atoms with Crippen molar-refractivity contribution in [2.45, 2.75) is 19.3 Å². The van der Waals surface area contributed by atoms with E-state index < -0.39 is 11.6 Å². The van der Waals surface area contributed by atoms with E-state index in [1.165, 1.54) is 0 Å². The quantitative estimate of drug-likeness (QED) is 0.842. The average molecular weight is 325 g/mol. The van der Waals surface area contributed by atoms with Crippen LogP contribution in [-0.4, -0.2) is 42.9 Å². The highest BCUT2D eigenvalue weighted by molar-refractivity contribution is 5.82. The van der Waals surface area contributed by atoms with E-state index in [-0.39, 0.29) is 29.7 Å². The van der Waals surface area contributed by atoms with Gasteiger partial charge in [-0.05, 0) is 31.0 Å². The molecule has 1 atom stereocenters. The van der Waals surface area contributed by atoms with Crippen molar-refractivity contribution in [1.29, 1.82) is 0 Å². The van der Waals surface area contributed by atoms with Crippen LogP contribution in [0.3, 0.4) is 0 Å². The molecule has 1 aliphatic rings. The summed E-state index contributed by atoms with van der Waals surface area (Å²) in [5.41, 5.74) is 5.38. The smallest absolute Gasteiger partial charge is 0.227 e. The minimum absolute atomic E-state index is 0.0321. The molecule has 0 aromatic heterocycles. The van der Waals surface area contributed by atoms with Gasteiger partial charge in [0.2, 0.25) is 11.8 Å². The minimum Gasteiger partial charge on any atom is -0.355 e. The van der Waals surface area contributed by atoms with Crippen molar-refractivity contribution >= 4 is 11.8 Å². The van der Waals surface area contributed by atoms with Crippen LogP contribution in [0.4, 0.5) is 8.78 Å². The highest BCUT2D eigenvalue weighted by atomic mass is 19.1. The lowest BCUT2D eigenvalue weighted by Crippen LogP contribution is -2.46. The standard InChI is InChI=1S/C16H21F2N3O2/c17-13-3-4-14(18)12(8-13)9-15(22)21-7-1-2-11(10-21)16(23)20-6-5-19/h3-4,8,11H,1-2,5-7,9-10,19H2,(H,20,23). The zero-order valence-electron chi connectivity index (χ0n) is 12.9. The normalized spacial score (nSPS) is 17.9. The molecule has 23 heavy (non-hydrogen) atoms. The van der Waals surface area contributed by atoms with E-state index in [0.717, 1.165) is 18.2 Å². The van der Waals surface area contributed by atoms with Gasteiger partial charge in [-0.25, -0.2) is 8.78 Å². The molecule has 1 aliphatic heterocycles. The van der Waals surface area contributed by atoms with Crippen molar-refractivity contribution in [3.63, 3.8) is 0 Å². The van der Waals surface area contributed by atoms with Gasteiger partial charge in [0.05, 0.1) is 12.3 Å². The first-order valence-corrected chi connectivity index (χ1v) is 7.70. The minimum atomic E-state index is -0.603. The van der Waals surface area contributed by atoms with E-state index in [1.807, 2.05) is 0 Å². The molecule has 1 aromatic carbocycles. The molecule has 0 aliphatic carbocycles. The number of hydrogen-bond acceptors (Lipinski definition) is 3. The predicted molar refractivity (Wildman–Crippen MR) is 81.4 cm³/mol. The van der Waals surface area contributed by atoms with Crippen molar-refractivity contribution < 1.29 is 18.4 Å². The van der Waals surface area contributed by atoms with Crippen LogP contribution in [-0.2, 0) is 16.0 Å². The highest BCUT2D eigenvalue weighted by Crippen LogP contribution is 2.19. The maximum atomic E-state index is 13.6. The van der Waals surface area contributed by atoms with Crippen molar-refractivity contribution in [3.05, 3.63) is 35.4 Å². The number of amides is 2. The Labute approximate surface area is 133 Å². The Bertz CT molecular complexity index is 580. The van der Waals surface area contributed by atoms with Gasteiger partial charge in [0.1, 0.15) is 11.6 Å². The molecular weight excluding hydrogens is 304 g/mol. The third kappa shape index (κ3) is 4.72. The van der Waals surface area contributed by atoms with Gasteiger partial charge >= 0.3 is 0 Å². The number of nitrogens with two attached hydrogens (primary N) is 1. The number of carbonyl (C=O) groups excluding carboxylic acids is 2. The fourth-order valence-corrected chi connectivity index (χ4v) is 2.71. The molecular formula is C16H21F2N3O2. The Balaban J connectivity index is 1.96. The summed E-state index contributed by atoms with van der Waals surface area (Å²) in [7, 11) is 0. The van der Waals surface area contributed by atoms with Crippen molar-refractivity contribution in [2.75, 3.05) is 26.2 Å². The third-order valence-electron chi connectivity index (χ3n) is 3.94. The lowest BCUT2D eigenvalue weighted by atomic mass is 9.96. The summed E-state index contributed by atoms with van der Waals surface area (Å²) < 4.78 is 26.8. The summed E-state index contributed by atoms with van der Waals surface area (Å²) in [6.07, 6.45) is 1.20. The Morgan fingerprint density at radius 1 is 1.35 bits per heavy atom. The van der Waals surface area contributed by atoms with Crippen LogP contribution in [0.1, 0.15) is 18.4 Å². The van der Waals surface area contributed by atoms with E-state index in [2.05, 4.69) is 5.32 Å². The maximum Gasteiger partial charge on any atom is 0.227 e.